The molecule has 6 heteroatoms. The summed E-state index contributed by atoms with van der Waals surface area (Å²) in [7, 11) is 4.76. The van der Waals surface area contributed by atoms with Gasteiger partial charge in [0.05, 0.1) is 32.2 Å². The van der Waals surface area contributed by atoms with Crippen molar-refractivity contribution in [2.24, 2.45) is 0 Å². The summed E-state index contributed by atoms with van der Waals surface area (Å²) in [4.78, 5) is 14.8. The normalized spacial score (nSPS) is 11.5. The summed E-state index contributed by atoms with van der Waals surface area (Å²) >= 11 is 1.41. The highest BCUT2D eigenvalue weighted by molar-refractivity contribution is 7.17. The van der Waals surface area contributed by atoms with Crippen molar-refractivity contribution in [1.82, 2.24) is 5.32 Å². The Hall–Kier alpha value is -3.77. The number of carbonyl (C=O) groups is 1. The van der Waals surface area contributed by atoms with Crippen LogP contribution in [0.1, 0.15) is 26.8 Å². The van der Waals surface area contributed by atoms with Crippen LogP contribution >= 0.6 is 11.3 Å². The fourth-order valence-electron chi connectivity index (χ4n) is 3.92. The molecule has 4 rings (SSSR count). The van der Waals surface area contributed by atoms with E-state index in [0.717, 1.165) is 16.0 Å². The van der Waals surface area contributed by atoms with Crippen molar-refractivity contribution < 1.29 is 19.0 Å². The zero-order valence-corrected chi connectivity index (χ0v) is 20.2. The van der Waals surface area contributed by atoms with Gasteiger partial charge in [0, 0.05) is 10.4 Å². The second-order valence-electron chi connectivity index (χ2n) is 7.67. The summed E-state index contributed by atoms with van der Waals surface area (Å²) in [6.07, 6.45) is 0.707. The number of carbonyl (C=O) groups excluding carboxylic acids is 1. The number of ether oxygens (including phenoxy) is 3. The molecule has 0 saturated carbocycles. The Bertz CT molecular complexity index is 1240. The van der Waals surface area contributed by atoms with Crippen molar-refractivity contribution in [3.63, 3.8) is 0 Å². The summed E-state index contributed by atoms with van der Waals surface area (Å²) in [5.41, 5.74) is 3.07. The Morgan fingerprint density at radius 3 is 2.12 bits per heavy atom. The van der Waals surface area contributed by atoms with E-state index in [1.165, 1.54) is 16.9 Å². The first-order valence-electron chi connectivity index (χ1n) is 10.9. The molecule has 1 N–H and O–H groups in total. The third kappa shape index (κ3) is 5.07. The van der Waals surface area contributed by atoms with Gasteiger partial charge in [-0.1, -0.05) is 60.7 Å². The van der Waals surface area contributed by atoms with Crippen LogP contribution in [0.3, 0.4) is 0 Å². The fraction of sp³-hybridized carbons (Fsp3) is 0.179. The van der Waals surface area contributed by atoms with E-state index in [9.17, 15) is 4.79 Å². The minimum Gasteiger partial charge on any atom is -0.493 e. The average Bonchev–Trinajstić information content (AvgIpc) is 3.38. The lowest BCUT2D eigenvalue weighted by molar-refractivity contribution is 0.0940. The Kier molecular flexibility index (Phi) is 7.50. The quantitative estimate of drug-likeness (QED) is 0.317. The van der Waals surface area contributed by atoms with E-state index in [1.807, 2.05) is 72.8 Å². The molecule has 5 nitrogen and oxygen atoms in total. The highest BCUT2D eigenvalue weighted by Crippen LogP contribution is 2.45. The molecule has 34 heavy (non-hydrogen) atoms. The minimum atomic E-state index is -0.141. The van der Waals surface area contributed by atoms with Gasteiger partial charge in [0.25, 0.3) is 5.91 Å². The summed E-state index contributed by atoms with van der Waals surface area (Å²) < 4.78 is 16.5. The molecule has 0 saturated heterocycles. The zero-order valence-electron chi connectivity index (χ0n) is 19.4. The van der Waals surface area contributed by atoms with Crippen molar-refractivity contribution >= 4 is 17.2 Å². The lowest BCUT2D eigenvalue weighted by atomic mass is 9.99. The summed E-state index contributed by atoms with van der Waals surface area (Å²) in [6, 6.07) is 27.6. The van der Waals surface area contributed by atoms with Crippen molar-refractivity contribution in [1.29, 1.82) is 0 Å². The predicted octanol–water partition coefficient (Wildman–Crippen LogP) is 6.15. The second-order valence-corrected chi connectivity index (χ2v) is 8.76. The van der Waals surface area contributed by atoms with E-state index in [0.29, 0.717) is 28.5 Å². The molecule has 0 aliphatic carbocycles. The van der Waals surface area contributed by atoms with E-state index in [1.54, 1.807) is 21.3 Å². The number of benzene rings is 3. The van der Waals surface area contributed by atoms with Crippen LogP contribution in [0.25, 0.3) is 10.4 Å². The summed E-state index contributed by atoms with van der Waals surface area (Å²) in [5.74, 6) is 1.57. The highest BCUT2D eigenvalue weighted by atomic mass is 32.1. The molecule has 4 aromatic rings. The van der Waals surface area contributed by atoms with E-state index in [4.69, 9.17) is 14.2 Å². The lowest BCUT2D eigenvalue weighted by Gasteiger charge is -2.19. The summed E-state index contributed by atoms with van der Waals surface area (Å²) in [5, 5.41) is 3.23. The van der Waals surface area contributed by atoms with Crippen LogP contribution in [-0.2, 0) is 6.42 Å². The standard InChI is InChI=1S/C28H27NO4S/c1-31-23-15-14-21(26(32-2)27(23)33-3)24-16-17-25(34-24)28(30)29-22(20-12-8-5-9-13-20)18-19-10-6-4-7-11-19/h4-17,22H,18H2,1-3H3,(H,29,30)/t22-/m0/s1. The van der Waals surface area contributed by atoms with Crippen LogP contribution in [0.4, 0.5) is 0 Å². The van der Waals surface area contributed by atoms with Gasteiger partial charge in [0.1, 0.15) is 0 Å². The smallest absolute Gasteiger partial charge is 0.261 e. The third-order valence-corrected chi connectivity index (χ3v) is 6.71. The van der Waals surface area contributed by atoms with Gasteiger partial charge in [0.15, 0.2) is 11.5 Å². The third-order valence-electron chi connectivity index (χ3n) is 5.59. The molecule has 1 aromatic heterocycles. The largest absolute Gasteiger partial charge is 0.493 e. The molecule has 3 aromatic carbocycles. The summed E-state index contributed by atoms with van der Waals surface area (Å²) in [6.45, 7) is 0. The van der Waals surface area contributed by atoms with Gasteiger partial charge in [-0.15, -0.1) is 11.3 Å². The maximum atomic E-state index is 13.3. The average molecular weight is 474 g/mol. The van der Waals surface area contributed by atoms with Gasteiger partial charge in [-0.3, -0.25) is 4.79 Å². The molecule has 0 aliphatic heterocycles. The molecule has 0 fully saturated rings. The number of hydrogen-bond donors (Lipinski definition) is 1. The molecule has 0 unspecified atom stereocenters. The van der Waals surface area contributed by atoms with Crippen LogP contribution in [-0.4, -0.2) is 27.2 Å². The molecule has 0 bridgehead atoms. The SMILES string of the molecule is COc1ccc(-c2ccc(C(=O)N[C@@H](Cc3ccccc3)c3ccccc3)s2)c(OC)c1OC. The van der Waals surface area contributed by atoms with Gasteiger partial charge in [-0.2, -0.15) is 0 Å². The van der Waals surface area contributed by atoms with Gasteiger partial charge < -0.3 is 19.5 Å². The second kappa shape index (κ2) is 10.9. The Balaban J connectivity index is 1.60. The molecular weight excluding hydrogens is 446 g/mol. The maximum Gasteiger partial charge on any atom is 0.261 e. The maximum absolute atomic E-state index is 13.3. The lowest BCUT2D eigenvalue weighted by Crippen LogP contribution is -2.29. The van der Waals surface area contributed by atoms with Gasteiger partial charge in [0.2, 0.25) is 5.75 Å². The molecule has 0 radical (unpaired) electrons. The number of methoxy groups -OCH3 is 3. The first-order valence-corrected chi connectivity index (χ1v) is 11.7. The molecule has 174 valence electrons. The van der Waals surface area contributed by atoms with Crippen LogP contribution < -0.4 is 19.5 Å². The van der Waals surface area contributed by atoms with Crippen LogP contribution in [0.15, 0.2) is 84.9 Å². The van der Waals surface area contributed by atoms with E-state index < -0.39 is 0 Å². The molecule has 1 atom stereocenters. The minimum absolute atomic E-state index is 0.111. The molecule has 0 spiro atoms. The monoisotopic (exact) mass is 473 g/mol. The number of thiophene rings is 1. The molecule has 1 heterocycles. The topological polar surface area (TPSA) is 56.8 Å². The first kappa shape index (κ1) is 23.4. The van der Waals surface area contributed by atoms with E-state index in [2.05, 4.69) is 17.4 Å². The Morgan fingerprint density at radius 1 is 0.794 bits per heavy atom. The fourth-order valence-corrected chi connectivity index (χ4v) is 4.85. The van der Waals surface area contributed by atoms with Gasteiger partial charge >= 0.3 is 0 Å². The van der Waals surface area contributed by atoms with Crippen LogP contribution in [0.5, 0.6) is 17.2 Å². The zero-order chi connectivity index (χ0) is 23.9. The molecule has 0 aliphatic rings. The van der Waals surface area contributed by atoms with E-state index >= 15 is 0 Å². The Labute approximate surface area is 203 Å². The molecule has 1 amide bonds. The number of rotatable bonds is 9. The number of hydrogen-bond acceptors (Lipinski definition) is 5. The first-order chi connectivity index (χ1) is 16.6. The number of nitrogens with one attached hydrogen (secondary N) is 1. The van der Waals surface area contributed by atoms with Crippen molar-refractivity contribution in [3.8, 4) is 27.7 Å². The van der Waals surface area contributed by atoms with Crippen LogP contribution in [0, 0.1) is 0 Å². The van der Waals surface area contributed by atoms with E-state index in [-0.39, 0.29) is 11.9 Å². The van der Waals surface area contributed by atoms with Crippen molar-refractivity contribution in [3.05, 3.63) is 101 Å². The van der Waals surface area contributed by atoms with Crippen molar-refractivity contribution in [2.45, 2.75) is 12.5 Å². The van der Waals surface area contributed by atoms with Gasteiger partial charge in [-0.25, -0.2) is 0 Å². The molecular formula is C28H27NO4S. The van der Waals surface area contributed by atoms with Crippen LogP contribution in [0.2, 0.25) is 0 Å². The van der Waals surface area contributed by atoms with Crippen molar-refractivity contribution in [2.75, 3.05) is 21.3 Å². The van der Waals surface area contributed by atoms with Gasteiger partial charge in [-0.05, 0) is 41.8 Å². The predicted molar refractivity (Wildman–Crippen MR) is 136 cm³/mol. The number of amides is 1. The highest BCUT2D eigenvalue weighted by Gasteiger charge is 2.21. The Morgan fingerprint density at radius 2 is 1.47 bits per heavy atom.